The molecule has 0 heterocycles. The monoisotopic (exact) mass is 347 g/mol. The quantitative estimate of drug-likeness (QED) is 0.514. The molecule has 1 aliphatic carbocycles. The molecule has 0 aromatic heterocycles. The molecule has 1 aromatic carbocycles. The second-order valence-electron chi connectivity index (χ2n) is 4.89. The number of aromatic hydroxyl groups is 1. The predicted octanol–water partition coefficient (Wildman–Crippen LogP) is 3.61. The van der Waals surface area contributed by atoms with E-state index in [2.05, 4.69) is 0 Å². The minimum atomic E-state index is -5.16. The summed E-state index contributed by atoms with van der Waals surface area (Å²) in [6.45, 7) is 0. The van der Waals surface area contributed by atoms with Crippen LogP contribution < -0.4 is 0 Å². The van der Waals surface area contributed by atoms with Crippen molar-refractivity contribution in [2.24, 2.45) is 0 Å². The average molecular weight is 348 g/mol. The average Bonchev–Trinajstić information content (AvgIpc) is 2.45. The molecule has 0 aliphatic heterocycles. The Morgan fingerprint density at radius 2 is 2.04 bits per heavy atom. The lowest BCUT2D eigenvalue weighted by molar-refractivity contribution is -0.597. The van der Waals surface area contributed by atoms with Gasteiger partial charge in [-0.15, -0.1) is 0 Å². The largest absolute Gasteiger partial charge is 0.508 e. The lowest BCUT2D eigenvalue weighted by Crippen LogP contribution is -2.51. The molecule has 1 aliphatic rings. The van der Waals surface area contributed by atoms with Crippen LogP contribution in [0.25, 0.3) is 0 Å². The molecule has 0 fully saturated rings. The minimum absolute atomic E-state index is 0.00316. The highest BCUT2D eigenvalue weighted by molar-refractivity contribution is 6.33. The van der Waals surface area contributed by atoms with Gasteiger partial charge in [-0.1, -0.05) is 23.7 Å². The van der Waals surface area contributed by atoms with Crippen molar-refractivity contribution >= 4 is 17.4 Å². The summed E-state index contributed by atoms with van der Waals surface area (Å²) in [6.07, 6.45) is -5.29. The number of hydrogen-bond acceptors (Lipinski definition) is 4. The van der Waals surface area contributed by atoms with E-state index >= 15 is 0 Å². The van der Waals surface area contributed by atoms with E-state index in [4.69, 9.17) is 11.6 Å². The van der Waals surface area contributed by atoms with Gasteiger partial charge in [0, 0.05) is 27.2 Å². The fourth-order valence-corrected chi connectivity index (χ4v) is 2.48. The number of phenolic OH excluding ortho intramolecular Hbond substituents is 1. The van der Waals surface area contributed by atoms with Crippen molar-refractivity contribution in [3.05, 3.63) is 62.7 Å². The third-order valence-electron chi connectivity index (χ3n) is 3.41. The molecule has 23 heavy (non-hydrogen) atoms. The number of ketones is 1. The van der Waals surface area contributed by atoms with Gasteiger partial charge in [0.15, 0.2) is 5.78 Å². The third-order valence-corrected chi connectivity index (χ3v) is 3.75. The Morgan fingerprint density at radius 3 is 2.52 bits per heavy atom. The molecular formula is C14H9ClF3NO4. The summed E-state index contributed by atoms with van der Waals surface area (Å²) < 4.78 is 39.1. The minimum Gasteiger partial charge on any atom is -0.508 e. The SMILES string of the molecule is O=C(C1=C(Cl)CC([N+](=O)[O-])(C(F)(F)F)C=C1)c1cccc(O)c1. The Hall–Kier alpha value is -2.35. The zero-order valence-electron chi connectivity index (χ0n) is 11.3. The Labute approximate surface area is 132 Å². The van der Waals surface area contributed by atoms with Crippen LogP contribution in [0.5, 0.6) is 5.75 Å². The number of benzene rings is 1. The molecular weight excluding hydrogens is 339 g/mol. The molecule has 9 heteroatoms. The number of Topliss-reactive ketones (excluding diaryl/α,β-unsaturated/α-hetero) is 1. The molecule has 1 aromatic rings. The number of alkyl halides is 3. The zero-order chi connectivity index (χ0) is 17.4. The smallest absolute Gasteiger partial charge is 0.465 e. The van der Waals surface area contributed by atoms with Crippen LogP contribution in [0.1, 0.15) is 16.8 Å². The van der Waals surface area contributed by atoms with Crippen LogP contribution in [0, 0.1) is 10.1 Å². The number of nitro groups is 1. The summed E-state index contributed by atoms with van der Waals surface area (Å²) in [5.41, 5.74) is -3.63. The van der Waals surface area contributed by atoms with Crippen molar-refractivity contribution in [3.8, 4) is 5.75 Å². The summed E-state index contributed by atoms with van der Waals surface area (Å²) in [6, 6.07) is 5.14. The molecule has 1 unspecified atom stereocenters. The first kappa shape index (κ1) is 17.0. The van der Waals surface area contributed by atoms with Crippen molar-refractivity contribution in [2.75, 3.05) is 0 Å². The fourth-order valence-electron chi connectivity index (χ4n) is 2.13. The molecule has 5 nitrogen and oxygen atoms in total. The Kier molecular flexibility index (Phi) is 4.21. The molecule has 0 amide bonds. The highest BCUT2D eigenvalue weighted by Crippen LogP contribution is 2.43. The molecule has 0 saturated heterocycles. The Morgan fingerprint density at radius 1 is 1.39 bits per heavy atom. The maximum Gasteiger partial charge on any atom is 0.465 e. The normalized spacial score (nSPS) is 21.4. The molecule has 122 valence electrons. The summed E-state index contributed by atoms with van der Waals surface area (Å²) in [7, 11) is 0. The van der Waals surface area contributed by atoms with E-state index in [0.29, 0.717) is 12.2 Å². The van der Waals surface area contributed by atoms with Crippen molar-refractivity contribution in [1.29, 1.82) is 0 Å². The highest BCUT2D eigenvalue weighted by atomic mass is 35.5. The van der Waals surface area contributed by atoms with E-state index < -0.39 is 33.9 Å². The predicted molar refractivity (Wildman–Crippen MR) is 74.9 cm³/mol. The molecule has 0 spiro atoms. The number of rotatable bonds is 3. The van der Waals surface area contributed by atoms with Crippen molar-refractivity contribution in [1.82, 2.24) is 0 Å². The van der Waals surface area contributed by atoms with Crippen molar-refractivity contribution in [3.63, 3.8) is 0 Å². The van der Waals surface area contributed by atoms with E-state index in [1.807, 2.05) is 0 Å². The van der Waals surface area contributed by atoms with Crippen molar-refractivity contribution in [2.45, 2.75) is 18.1 Å². The second-order valence-corrected chi connectivity index (χ2v) is 5.34. The maximum atomic E-state index is 13.0. The van der Waals surface area contributed by atoms with Gasteiger partial charge in [0.2, 0.25) is 0 Å². The van der Waals surface area contributed by atoms with Crippen LogP contribution in [0.15, 0.2) is 47.0 Å². The van der Waals surface area contributed by atoms with Crippen LogP contribution in [0.4, 0.5) is 13.2 Å². The molecule has 1 atom stereocenters. The zero-order valence-corrected chi connectivity index (χ0v) is 12.1. The fraction of sp³-hybridized carbons (Fsp3) is 0.214. The first-order valence-corrected chi connectivity index (χ1v) is 6.59. The molecule has 1 N–H and O–H groups in total. The topological polar surface area (TPSA) is 80.4 Å². The Bertz CT molecular complexity index is 742. The summed E-state index contributed by atoms with van der Waals surface area (Å²) in [4.78, 5) is 21.7. The first-order chi connectivity index (χ1) is 10.6. The lowest BCUT2D eigenvalue weighted by Gasteiger charge is -2.27. The third kappa shape index (κ3) is 2.94. The van der Waals surface area contributed by atoms with Gasteiger partial charge in [-0.3, -0.25) is 14.9 Å². The van der Waals surface area contributed by atoms with Crippen molar-refractivity contribution < 1.29 is 28.0 Å². The van der Waals surface area contributed by atoms with E-state index in [9.17, 15) is 33.2 Å². The summed E-state index contributed by atoms with van der Waals surface area (Å²) in [5.74, 6) is -0.941. The summed E-state index contributed by atoms with van der Waals surface area (Å²) >= 11 is 5.74. The van der Waals surface area contributed by atoms with Gasteiger partial charge < -0.3 is 5.11 Å². The number of carbonyl (C=O) groups is 1. The lowest BCUT2D eigenvalue weighted by atomic mass is 9.86. The first-order valence-electron chi connectivity index (χ1n) is 6.21. The van der Waals surface area contributed by atoms with E-state index in [1.165, 1.54) is 18.2 Å². The van der Waals surface area contributed by atoms with Gasteiger partial charge >= 0.3 is 11.7 Å². The standard InChI is InChI=1S/C14H9ClF3NO4/c15-11-7-13(19(22)23,14(16,17)18)5-4-10(11)12(21)8-2-1-3-9(20)6-8/h1-6,20H,7H2. The summed E-state index contributed by atoms with van der Waals surface area (Å²) in [5, 5.41) is 19.7. The van der Waals surface area contributed by atoms with Crippen LogP contribution in [0.3, 0.4) is 0 Å². The van der Waals surface area contributed by atoms with E-state index in [-0.39, 0.29) is 16.9 Å². The van der Waals surface area contributed by atoms with Gasteiger partial charge in [0.1, 0.15) is 5.75 Å². The van der Waals surface area contributed by atoms with Gasteiger partial charge in [-0.05, 0) is 18.2 Å². The maximum absolute atomic E-state index is 13.0. The van der Waals surface area contributed by atoms with Crippen LogP contribution in [-0.4, -0.2) is 27.5 Å². The highest BCUT2D eigenvalue weighted by Gasteiger charge is 2.65. The molecule has 0 radical (unpaired) electrons. The number of phenols is 1. The van der Waals surface area contributed by atoms with Gasteiger partial charge in [0.05, 0.1) is 6.42 Å². The van der Waals surface area contributed by atoms with Crippen LogP contribution in [-0.2, 0) is 0 Å². The molecule has 0 saturated carbocycles. The van der Waals surface area contributed by atoms with Gasteiger partial charge in [0.25, 0.3) is 0 Å². The number of nitrogens with zero attached hydrogens (tertiary/aromatic N) is 1. The Balaban J connectivity index is 2.42. The van der Waals surface area contributed by atoms with Gasteiger partial charge in [-0.2, -0.15) is 13.2 Å². The molecule has 0 bridgehead atoms. The number of halogens is 4. The molecule has 2 rings (SSSR count). The van der Waals surface area contributed by atoms with Crippen LogP contribution in [0.2, 0.25) is 0 Å². The second kappa shape index (κ2) is 5.69. The van der Waals surface area contributed by atoms with E-state index in [0.717, 1.165) is 6.07 Å². The number of allylic oxidation sites excluding steroid dienone is 2. The van der Waals surface area contributed by atoms with E-state index in [1.54, 1.807) is 0 Å². The van der Waals surface area contributed by atoms with Crippen LogP contribution >= 0.6 is 11.6 Å². The number of hydrogen-bond donors (Lipinski definition) is 1. The number of carbonyl (C=O) groups excluding carboxylic acids is 1. The van der Waals surface area contributed by atoms with Gasteiger partial charge in [-0.25, -0.2) is 0 Å².